The summed E-state index contributed by atoms with van der Waals surface area (Å²) in [6.45, 7) is 0.813. The lowest BCUT2D eigenvalue weighted by atomic mass is 10.3. The number of nitrogens with zero attached hydrogens (tertiary/aromatic N) is 2. The molecular formula is C17H14Cl2FN3O2. The standard InChI is InChI=1S/C17H14Cl2FN3O2/c18-11-1-4-13(5-2-11)23-8-7-22(17(23)25)10-16(24)21-12-3-6-15(20)14(19)9-12/h1-6,9H,7-8,10H2,(H,21,24). The van der Waals surface area contributed by atoms with Gasteiger partial charge in [-0.25, -0.2) is 9.18 Å². The number of urea groups is 1. The average Bonchev–Trinajstić information content (AvgIpc) is 2.93. The highest BCUT2D eigenvalue weighted by Crippen LogP contribution is 2.23. The third-order valence-electron chi connectivity index (χ3n) is 3.77. The van der Waals surface area contributed by atoms with Crippen molar-refractivity contribution in [1.82, 2.24) is 4.90 Å². The summed E-state index contributed by atoms with van der Waals surface area (Å²) in [4.78, 5) is 27.6. The van der Waals surface area contributed by atoms with Crippen molar-refractivity contribution in [3.8, 4) is 0 Å². The number of carbonyl (C=O) groups is 2. The van der Waals surface area contributed by atoms with Gasteiger partial charge in [0.1, 0.15) is 12.4 Å². The van der Waals surface area contributed by atoms with Crippen molar-refractivity contribution in [2.24, 2.45) is 0 Å². The SMILES string of the molecule is O=C(CN1CCN(c2ccc(Cl)cc2)C1=O)Nc1ccc(F)c(Cl)c1. The van der Waals surface area contributed by atoms with Crippen LogP contribution in [0.15, 0.2) is 42.5 Å². The second-order valence-corrected chi connectivity index (χ2v) is 6.35. The van der Waals surface area contributed by atoms with Crippen LogP contribution < -0.4 is 10.2 Å². The number of halogens is 3. The molecule has 2 aromatic rings. The van der Waals surface area contributed by atoms with Gasteiger partial charge in [0.15, 0.2) is 0 Å². The van der Waals surface area contributed by atoms with Crippen molar-refractivity contribution in [3.63, 3.8) is 0 Å². The number of benzene rings is 2. The zero-order valence-electron chi connectivity index (χ0n) is 13.0. The quantitative estimate of drug-likeness (QED) is 0.869. The largest absolute Gasteiger partial charge is 0.325 e. The first-order valence-electron chi connectivity index (χ1n) is 7.51. The van der Waals surface area contributed by atoms with Crippen molar-refractivity contribution in [3.05, 3.63) is 58.3 Å². The van der Waals surface area contributed by atoms with Crippen LogP contribution >= 0.6 is 23.2 Å². The van der Waals surface area contributed by atoms with Crippen LogP contribution in [0.3, 0.4) is 0 Å². The number of hydrogen-bond donors (Lipinski definition) is 1. The fourth-order valence-corrected chi connectivity index (χ4v) is 2.84. The molecule has 0 aliphatic carbocycles. The fraction of sp³-hybridized carbons (Fsp3) is 0.176. The van der Waals surface area contributed by atoms with E-state index >= 15 is 0 Å². The monoisotopic (exact) mass is 381 g/mol. The maximum atomic E-state index is 13.1. The van der Waals surface area contributed by atoms with E-state index in [9.17, 15) is 14.0 Å². The smallest absolute Gasteiger partial charge is 0.324 e. The van der Waals surface area contributed by atoms with E-state index in [-0.39, 0.29) is 23.5 Å². The molecular weight excluding hydrogens is 368 g/mol. The van der Waals surface area contributed by atoms with Crippen molar-refractivity contribution in [1.29, 1.82) is 0 Å². The Labute approximate surface area is 153 Å². The Morgan fingerprint density at radius 1 is 1.12 bits per heavy atom. The topological polar surface area (TPSA) is 52.7 Å². The first-order valence-corrected chi connectivity index (χ1v) is 8.26. The molecule has 3 rings (SSSR count). The molecule has 1 N–H and O–H groups in total. The maximum Gasteiger partial charge on any atom is 0.325 e. The molecule has 0 saturated carbocycles. The summed E-state index contributed by atoms with van der Waals surface area (Å²) in [5.74, 6) is -0.943. The average molecular weight is 382 g/mol. The molecule has 1 aliphatic heterocycles. The molecule has 3 amide bonds. The van der Waals surface area contributed by atoms with E-state index in [1.165, 1.54) is 23.1 Å². The van der Waals surface area contributed by atoms with E-state index in [1.54, 1.807) is 29.2 Å². The van der Waals surface area contributed by atoms with Crippen LogP contribution in [0.1, 0.15) is 0 Å². The molecule has 1 heterocycles. The predicted molar refractivity (Wildman–Crippen MR) is 95.8 cm³/mol. The molecule has 2 aromatic carbocycles. The Balaban J connectivity index is 1.61. The molecule has 8 heteroatoms. The number of amides is 3. The molecule has 0 radical (unpaired) electrons. The van der Waals surface area contributed by atoms with Crippen molar-refractivity contribution < 1.29 is 14.0 Å². The summed E-state index contributed by atoms with van der Waals surface area (Å²) in [7, 11) is 0. The van der Waals surface area contributed by atoms with E-state index < -0.39 is 5.82 Å². The third kappa shape index (κ3) is 4.03. The van der Waals surface area contributed by atoms with E-state index in [0.29, 0.717) is 23.8 Å². The molecule has 5 nitrogen and oxygen atoms in total. The lowest BCUT2D eigenvalue weighted by molar-refractivity contribution is -0.116. The summed E-state index contributed by atoms with van der Waals surface area (Å²) in [5.41, 5.74) is 1.10. The van der Waals surface area contributed by atoms with Crippen molar-refractivity contribution in [2.45, 2.75) is 0 Å². The zero-order chi connectivity index (χ0) is 18.0. The van der Waals surface area contributed by atoms with Gasteiger partial charge in [-0.1, -0.05) is 23.2 Å². The van der Waals surface area contributed by atoms with E-state index in [4.69, 9.17) is 23.2 Å². The summed E-state index contributed by atoms with van der Waals surface area (Å²) >= 11 is 11.5. The first-order chi connectivity index (χ1) is 11.9. The minimum Gasteiger partial charge on any atom is -0.324 e. The van der Waals surface area contributed by atoms with Gasteiger partial charge in [0.05, 0.1) is 5.02 Å². The first kappa shape index (κ1) is 17.5. The number of rotatable bonds is 4. The van der Waals surface area contributed by atoms with Gasteiger partial charge in [0.25, 0.3) is 0 Å². The normalized spacial score (nSPS) is 14.1. The maximum absolute atomic E-state index is 13.1. The van der Waals surface area contributed by atoms with Crippen LogP contribution in [0.2, 0.25) is 10.0 Å². The number of nitrogens with one attached hydrogen (secondary N) is 1. The number of hydrogen-bond acceptors (Lipinski definition) is 2. The van der Waals surface area contributed by atoms with E-state index in [2.05, 4.69) is 5.32 Å². The number of anilines is 2. The Kier molecular flexibility index (Phi) is 5.11. The molecule has 1 fully saturated rings. The molecule has 0 atom stereocenters. The lowest BCUT2D eigenvalue weighted by Crippen LogP contribution is -2.37. The molecule has 25 heavy (non-hydrogen) atoms. The second kappa shape index (κ2) is 7.29. The van der Waals surface area contributed by atoms with Crippen LogP contribution in [0.5, 0.6) is 0 Å². The predicted octanol–water partition coefficient (Wildman–Crippen LogP) is 4.01. The van der Waals surface area contributed by atoms with Crippen LogP contribution in [0, 0.1) is 5.82 Å². The van der Waals surface area contributed by atoms with Gasteiger partial charge in [-0.2, -0.15) is 0 Å². The number of carbonyl (C=O) groups excluding carboxylic acids is 2. The molecule has 0 aromatic heterocycles. The van der Waals surface area contributed by atoms with Gasteiger partial charge in [-0.15, -0.1) is 0 Å². The van der Waals surface area contributed by atoms with Crippen molar-refractivity contribution >= 4 is 46.5 Å². The molecule has 130 valence electrons. The fourth-order valence-electron chi connectivity index (χ4n) is 2.54. The Morgan fingerprint density at radius 3 is 2.52 bits per heavy atom. The Morgan fingerprint density at radius 2 is 1.84 bits per heavy atom. The van der Waals surface area contributed by atoms with Crippen LogP contribution in [0.25, 0.3) is 0 Å². The summed E-state index contributed by atoms with van der Waals surface area (Å²) in [6, 6.07) is 10.6. The van der Waals surface area contributed by atoms with Crippen LogP contribution in [0.4, 0.5) is 20.6 Å². The van der Waals surface area contributed by atoms with Crippen LogP contribution in [-0.4, -0.2) is 36.5 Å². The molecule has 1 aliphatic rings. The van der Waals surface area contributed by atoms with Gasteiger partial charge >= 0.3 is 6.03 Å². The van der Waals surface area contributed by atoms with Gasteiger partial charge in [0, 0.05) is 29.5 Å². The minimum atomic E-state index is -0.562. The third-order valence-corrected chi connectivity index (χ3v) is 4.31. The highest BCUT2D eigenvalue weighted by atomic mass is 35.5. The zero-order valence-corrected chi connectivity index (χ0v) is 14.5. The van der Waals surface area contributed by atoms with E-state index in [0.717, 1.165) is 5.69 Å². The molecule has 0 spiro atoms. The highest BCUT2D eigenvalue weighted by molar-refractivity contribution is 6.31. The Bertz CT molecular complexity index is 814. The Hall–Kier alpha value is -2.31. The van der Waals surface area contributed by atoms with Crippen LogP contribution in [-0.2, 0) is 4.79 Å². The van der Waals surface area contributed by atoms with E-state index in [1.807, 2.05) is 0 Å². The second-order valence-electron chi connectivity index (χ2n) is 5.51. The summed E-state index contributed by atoms with van der Waals surface area (Å²) < 4.78 is 13.1. The molecule has 0 bridgehead atoms. The highest BCUT2D eigenvalue weighted by Gasteiger charge is 2.30. The summed E-state index contributed by atoms with van der Waals surface area (Å²) in [6.07, 6.45) is 0. The van der Waals surface area contributed by atoms with Gasteiger partial charge in [-0.05, 0) is 42.5 Å². The van der Waals surface area contributed by atoms with Gasteiger partial charge < -0.3 is 10.2 Å². The summed E-state index contributed by atoms with van der Waals surface area (Å²) in [5, 5.41) is 3.11. The molecule has 1 saturated heterocycles. The lowest BCUT2D eigenvalue weighted by Gasteiger charge is -2.18. The minimum absolute atomic E-state index is 0.0797. The van der Waals surface area contributed by atoms with Gasteiger partial charge in [-0.3, -0.25) is 9.69 Å². The van der Waals surface area contributed by atoms with Gasteiger partial charge in [0.2, 0.25) is 5.91 Å². The molecule has 0 unspecified atom stereocenters. The van der Waals surface area contributed by atoms with Crippen molar-refractivity contribution in [2.75, 3.05) is 29.9 Å².